The van der Waals surface area contributed by atoms with E-state index < -0.39 is 5.25 Å². The summed E-state index contributed by atoms with van der Waals surface area (Å²) in [7, 11) is 0. The van der Waals surface area contributed by atoms with Gasteiger partial charge in [0, 0.05) is 12.1 Å². The van der Waals surface area contributed by atoms with Gasteiger partial charge in [-0.15, -0.1) is 0 Å². The van der Waals surface area contributed by atoms with Crippen LogP contribution in [0.25, 0.3) is 0 Å². The lowest BCUT2D eigenvalue weighted by Gasteiger charge is -2.08. The highest BCUT2D eigenvalue weighted by molar-refractivity contribution is 8.15. The molecule has 27 heavy (non-hydrogen) atoms. The molecule has 6 heteroatoms. The maximum absolute atomic E-state index is 12.2. The number of aliphatic imine (C=N–C) groups is 1. The molecule has 5 nitrogen and oxygen atoms in total. The Hall–Kier alpha value is -2.60. The molecule has 0 radical (unpaired) electrons. The van der Waals surface area contributed by atoms with Crippen LogP contribution in [0.5, 0.6) is 0 Å². The predicted molar refractivity (Wildman–Crippen MR) is 111 cm³/mol. The first-order valence-electron chi connectivity index (χ1n) is 9.06. The van der Waals surface area contributed by atoms with Gasteiger partial charge < -0.3 is 10.6 Å². The van der Waals surface area contributed by atoms with Crippen LogP contribution < -0.4 is 10.6 Å². The molecule has 2 N–H and O–H groups in total. The normalized spacial score (nSPS) is 19.0. The first-order valence-corrected chi connectivity index (χ1v) is 9.94. The lowest BCUT2D eigenvalue weighted by Crippen LogP contribution is -2.28. The molecule has 0 aromatic heterocycles. The van der Waals surface area contributed by atoms with E-state index in [1.54, 1.807) is 0 Å². The van der Waals surface area contributed by atoms with Crippen molar-refractivity contribution in [1.82, 2.24) is 5.32 Å². The molecule has 0 spiro atoms. The van der Waals surface area contributed by atoms with E-state index in [1.807, 2.05) is 42.5 Å². The Labute approximate surface area is 163 Å². The second kappa shape index (κ2) is 8.86. The highest BCUT2D eigenvalue weighted by Crippen LogP contribution is 2.27. The van der Waals surface area contributed by atoms with Crippen molar-refractivity contribution in [2.45, 2.75) is 37.9 Å². The van der Waals surface area contributed by atoms with Gasteiger partial charge in [0.25, 0.3) is 0 Å². The minimum atomic E-state index is -0.466. The van der Waals surface area contributed by atoms with Gasteiger partial charge in [0.1, 0.15) is 5.25 Å². The average molecular weight is 382 g/mol. The number of amidine groups is 1. The number of carbonyl (C=O) groups excluding carboxylic acids is 2. The third kappa shape index (κ3) is 5.20. The van der Waals surface area contributed by atoms with Gasteiger partial charge in [0.2, 0.25) is 11.8 Å². The third-order valence-electron chi connectivity index (χ3n) is 4.51. The van der Waals surface area contributed by atoms with Crippen LogP contribution in [-0.4, -0.2) is 22.2 Å². The number of anilines is 1. The Kier molecular flexibility index (Phi) is 6.29. The fourth-order valence-electron chi connectivity index (χ4n) is 2.72. The maximum Gasteiger partial charge on any atom is 0.240 e. The highest BCUT2D eigenvalue weighted by atomic mass is 32.2. The van der Waals surface area contributed by atoms with E-state index in [1.165, 1.54) is 17.3 Å². The molecule has 2 amide bonds. The fourth-order valence-corrected chi connectivity index (χ4v) is 3.71. The van der Waals surface area contributed by atoms with Gasteiger partial charge in [-0.3, -0.25) is 9.59 Å². The van der Waals surface area contributed by atoms with E-state index in [0.29, 0.717) is 11.1 Å². The first-order chi connectivity index (χ1) is 13.0. The molecular formula is C21H23N3O2S. The summed E-state index contributed by atoms with van der Waals surface area (Å²) in [6, 6.07) is 17.3. The molecule has 0 saturated carbocycles. The zero-order chi connectivity index (χ0) is 19.2. The summed E-state index contributed by atoms with van der Waals surface area (Å²) in [6.07, 6.45) is 1.20. The average Bonchev–Trinajstić information content (AvgIpc) is 3.01. The SMILES string of the molecule is CC[C@@H](C)c1ccc(N=C2NC(=O)[C@@H](CC(=O)Nc3ccccc3)S2)cc1. The van der Waals surface area contributed by atoms with Gasteiger partial charge in [0.15, 0.2) is 5.17 Å². The van der Waals surface area contributed by atoms with E-state index in [9.17, 15) is 9.59 Å². The van der Waals surface area contributed by atoms with Crippen LogP contribution >= 0.6 is 11.8 Å². The molecule has 2 aromatic rings. The summed E-state index contributed by atoms with van der Waals surface area (Å²) < 4.78 is 0. The molecule has 2 aromatic carbocycles. The monoisotopic (exact) mass is 381 g/mol. The smallest absolute Gasteiger partial charge is 0.240 e. The number of para-hydroxylation sites is 1. The molecular weight excluding hydrogens is 358 g/mol. The predicted octanol–water partition coefficient (Wildman–Crippen LogP) is 4.45. The summed E-state index contributed by atoms with van der Waals surface area (Å²) >= 11 is 1.30. The Bertz CT molecular complexity index is 834. The molecule has 1 saturated heterocycles. The van der Waals surface area contributed by atoms with Crippen LogP contribution in [0.3, 0.4) is 0 Å². The minimum absolute atomic E-state index is 0.108. The molecule has 2 atom stereocenters. The number of hydrogen-bond acceptors (Lipinski definition) is 4. The Morgan fingerprint density at radius 1 is 1.19 bits per heavy atom. The fraction of sp³-hybridized carbons (Fsp3) is 0.286. The molecule has 140 valence electrons. The van der Waals surface area contributed by atoms with Crippen LogP contribution in [0.1, 0.15) is 38.2 Å². The molecule has 1 aliphatic rings. The second-order valence-corrected chi connectivity index (χ2v) is 7.72. The van der Waals surface area contributed by atoms with Gasteiger partial charge in [-0.05, 0) is 42.2 Å². The van der Waals surface area contributed by atoms with Crippen LogP contribution in [0.4, 0.5) is 11.4 Å². The second-order valence-electron chi connectivity index (χ2n) is 6.53. The summed E-state index contributed by atoms with van der Waals surface area (Å²) in [5.74, 6) is 0.144. The van der Waals surface area contributed by atoms with E-state index in [4.69, 9.17) is 0 Å². The van der Waals surface area contributed by atoms with Crippen molar-refractivity contribution in [1.29, 1.82) is 0 Å². The van der Waals surface area contributed by atoms with Crippen molar-refractivity contribution in [3.63, 3.8) is 0 Å². The Morgan fingerprint density at radius 2 is 1.89 bits per heavy atom. The number of nitrogens with zero attached hydrogens (tertiary/aromatic N) is 1. The van der Waals surface area contributed by atoms with Gasteiger partial charge in [-0.1, -0.05) is 55.9 Å². The van der Waals surface area contributed by atoms with Gasteiger partial charge in [-0.2, -0.15) is 0 Å². The van der Waals surface area contributed by atoms with Gasteiger partial charge in [-0.25, -0.2) is 4.99 Å². The molecule has 1 heterocycles. The van der Waals surface area contributed by atoms with Crippen LogP contribution in [-0.2, 0) is 9.59 Å². The van der Waals surface area contributed by atoms with E-state index in [2.05, 4.69) is 41.6 Å². The van der Waals surface area contributed by atoms with Crippen molar-refractivity contribution in [2.24, 2.45) is 4.99 Å². The zero-order valence-electron chi connectivity index (χ0n) is 15.4. The number of hydrogen-bond donors (Lipinski definition) is 2. The third-order valence-corrected chi connectivity index (χ3v) is 5.59. The van der Waals surface area contributed by atoms with Gasteiger partial charge >= 0.3 is 0 Å². The number of carbonyl (C=O) groups is 2. The van der Waals surface area contributed by atoms with E-state index in [-0.39, 0.29) is 18.2 Å². The zero-order valence-corrected chi connectivity index (χ0v) is 16.3. The Morgan fingerprint density at radius 3 is 2.56 bits per heavy atom. The summed E-state index contributed by atoms with van der Waals surface area (Å²) in [5.41, 5.74) is 2.79. The molecule has 0 unspecified atom stereocenters. The standard InChI is InChI=1S/C21H23N3O2S/c1-3-14(2)15-9-11-17(12-10-15)23-21-24-20(26)18(27-21)13-19(25)22-16-7-5-4-6-8-16/h4-12,14,18H,3,13H2,1-2H3,(H,22,25)(H,23,24,26)/t14-,18-/m1/s1. The lowest BCUT2D eigenvalue weighted by molar-refractivity contribution is -0.122. The number of nitrogens with one attached hydrogen (secondary N) is 2. The van der Waals surface area contributed by atoms with E-state index >= 15 is 0 Å². The lowest BCUT2D eigenvalue weighted by atomic mass is 9.99. The van der Waals surface area contributed by atoms with Crippen LogP contribution in [0, 0.1) is 0 Å². The number of benzene rings is 2. The summed E-state index contributed by atoms with van der Waals surface area (Å²) in [6.45, 7) is 4.36. The first kappa shape index (κ1) is 19.2. The van der Waals surface area contributed by atoms with Crippen molar-refractivity contribution in [3.8, 4) is 0 Å². The molecule has 1 fully saturated rings. The Balaban J connectivity index is 1.59. The summed E-state index contributed by atoms with van der Waals surface area (Å²) in [5, 5.41) is 5.64. The summed E-state index contributed by atoms with van der Waals surface area (Å²) in [4.78, 5) is 28.8. The van der Waals surface area contributed by atoms with E-state index in [0.717, 1.165) is 17.8 Å². The molecule has 0 aliphatic carbocycles. The number of rotatable bonds is 6. The topological polar surface area (TPSA) is 70.6 Å². The van der Waals surface area contributed by atoms with Crippen LogP contribution in [0.15, 0.2) is 59.6 Å². The van der Waals surface area contributed by atoms with Crippen molar-refractivity contribution in [2.75, 3.05) is 5.32 Å². The molecule has 0 bridgehead atoms. The van der Waals surface area contributed by atoms with Crippen molar-refractivity contribution in [3.05, 3.63) is 60.2 Å². The van der Waals surface area contributed by atoms with Crippen molar-refractivity contribution < 1.29 is 9.59 Å². The molecule has 1 aliphatic heterocycles. The number of thioether (sulfide) groups is 1. The quantitative estimate of drug-likeness (QED) is 0.777. The number of amides is 2. The maximum atomic E-state index is 12.2. The van der Waals surface area contributed by atoms with Crippen molar-refractivity contribution >= 4 is 40.1 Å². The molecule has 3 rings (SSSR count). The largest absolute Gasteiger partial charge is 0.326 e. The highest BCUT2D eigenvalue weighted by Gasteiger charge is 2.32. The van der Waals surface area contributed by atoms with Crippen LogP contribution in [0.2, 0.25) is 0 Å². The van der Waals surface area contributed by atoms with Gasteiger partial charge in [0.05, 0.1) is 5.69 Å². The minimum Gasteiger partial charge on any atom is -0.326 e.